The monoisotopic (exact) mass is 364 g/mol. The maximum atomic E-state index is 5.89. The molecule has 1 aliphatic rings. The molecule has 0 unspecified atom stereocenters. The number of pyridine rings is 1. The highest BCUT2D eigenvalue weighted by Crippen LogP contribution is 2.38. The van der Waals surface area contributed by atoms with Crippen LogP contribution in [0.15, 0.2) is 42.6 Å². The first-order chi connectivity index (χ1) is 12.7. The maximum absolute atomic E-state index is 5.89. The van der Waals surface area contributed by atoms with E-state index in [1.807, 2.05) is 6.20 Å². The predicted molar refractivity (Wildman–Crippen MR) is 109 cm³/mol. The Morgan fingerprint density at radius 2 is 2.00 bits per heavy atom. The van der Waals surface area contributed by atoms with Crippen molar-refractivity contribution in [1.82, 2.24) is 9.97 Å². The Morgan fingerprint density at radius 3 is 2.77 bits per heavy atom. The molecule has 0 atom stereocenters. The maximum Gasteiger partial charge on any atom is 0.126 e. The van der Waals surface area contributed by atoms with Crippen LogP contribution in [-0.2, 0) is 6.54 Å². The lowest BCUT2D eigenvalue weighted by Gasteiger charge is -2.13. The van der Waals surface area contributed by atoms with Crippen LogP contribution in [0.25, 0.3) is 21.7 Å². The van der Waals surface area contributed by atoms with Crippen molar-refractivity contribution in [3.8, 4) is 21.7 Å². The molecule has 0 bridgehead atoms. The Labute approximate surface area is 158 Å². The third-order valence-electron chi connectivity index (χ3n) is 4.98. The van der Waals surface area contributed by atoms with Gasteiger partial charge in [0.05, 0.1) is 10.6 Å². The number of aryl methyl sites for hydroxylation is 1. The van der Waals surface area contributed by atoms with Crippen LogP contribution < -0.4 is 11.1 Å². The van der Waals surface area contributed by atoms with E-state index in [4.69, 9.17) is 10.7 Å². The van der Waals surface area contributed by atoms with Gasteiger partial charge in [0.25, 0.3) is 0 Å². The number of rotatable bonds is 5. The molecule has 0 spiro atoms. The summed E-state index contributed by atoms with van der Waals surface area (Å²) in [6, 6.07) is 13.1. The molecule has 1 aromatic carbocycles. The second kappa shape index (κ2) is 7.56. The first-order valence-corrected chi connectivity index (χ1v) is 10.0. The zero-order valence-corrected chi connectivity index (χ0v) is 15.9. The van der Waals surface area contributed by atoms with E-state index in [2.05, 4.69) is 53.6 Å². The standard InChI is InChI=1S/C21H24N4S/c1-14-6-2-5-9-17(14)20-21(26-19(13-22)25-20)15-10-11-23-18(12-15)24-16-7-3-4-8-16/h2,5-6,9-12,16H,3-4,7-8,13,22H2,1H3,(H,23,24). The summed E-state index contributed by atoms with van der Waals surface area (Å²) in [5.74, 6) is 0.952. The van der Waals surface area contributed by atoms with Gasteiger partial charge in [0, 0.05) is 24.3 Å². The lowest BCUT2D eigenvalue weighted by Crippen LogP contribution is -2.15. The Hall–Kier alpha value is -2.24. The van der Waals surface area contributed by atoms with Gasteiger partial charge in [-0.05, 0) is 43.0 Å². The lowest BCUT2D eigenvalue weighted by molar-refractivity contribution is 0.750. The fourth-order valence-corrected chi connectivity index (χ4v) is 4.55. The van der Waals surface area contributed by atoms with Gasteiger partial charge in [0.15, 0.2) is 0 Å². The van der Waals surface area contributed by atoms with Gasteiger partial charge < -0.3 is 11.1 Å². The van der Waals surface area contributed by atoms with Gasteiger partial charge >= 0.3 is 0 Å². The number of aromatic nitrogens is 2. The highest BCUT2D eigenvalue weighted by molar-refractivity contribution is 7.15. The van der Waals surface area contributed by atoms with E-state index >= 15 is 0 Å². The molecule has 2 heterocycles. The van der Waals surface area contributed by atoms with Gasteiger partial charge in [0.1, 0.15) is 10.8 Å². The predicted octanol–water partition coefficient (Wildman–Crippen LogP) is 4.99. The smallest absolute Gasteiger partial charge is 0.126 e. The summed E-state index contributed by atoms with van der Waals surface area (Å²) in [6.45, 7) is 2.59. The molecule has 2 aromatic heterocycles. The van der Waals surface area contributed by atoms with Gasteiger partial charge in [-0.1, -0.05) is 37.1 Å². The topological polar surface area (TPSA) is 63.8 Å². The zero-order valence-electron chi connectivity index (χ0n) is 15.0. The van der Waals surface area contributed by atoms with Crippen molar-refractivity contribution >= 4 is 17.2 Å². The van der Waals surface area contributed by atoms with Crippen LogP contribution >= 0.6 is 11.3 Å². The average molecular weight is 365 g/mol. The summed E-state index contributed by atoms with van der Waals surface area (Å²) >= 11 is 1.68. The van der Waals surface area contributed by atoms with E-state index in [9.17, 15) is 0 Å². The first kappa shape index (κ1) is 17.2. The van der Waals surface area contributed by atoms with E-state index in [0.717, 1.165) is 27.0 Å². The summed E-state index contributed by atoms with van der Waals surface area (Å²) in [5, 5.41) is 4.55. The van der Waals surface area contributed by atoms with Gasteiger partial charge in [0.2, 0.25) is 0 Å². The van der Waals surface area contributed by atoms with Crippen molar-refractivity contribution in [3.63, 3.8) is 0 Å². The summed E-state index contributed by atoms with van der Waals surface area (Å²) in [6.07, 6.45) is 6.97. The Morgan fingerprint density at radius 1 is 1.19 bits per heavy atom. The minimum Gasteiger partial charge on any atom is -0.367 e. The normalized spacial score (nSPS) is 14.7. The lowest BCUT2D eigenvalue weighted by atomic mass is 10.0. The average Bonchev–Trinajstić information content (AvgIpc) is 3.32. The minimum absolute atomic E-state index is 0.460. The first-order valence-electron chi connectivity index (χ1n) is 9.23. The third-order valence-corrected chi connectivity index (χ3v) is 6.10. The van der Waals surface area contributed by atoms with Crippen LogP contribution in [0.2, 0.25) is 0 Å². The highest BCUT2D eigenvalue weighted by Gasteiger charge is 2.18. The molecule has 3 N–H and O–H groups in total. The van der Waals surface area contributed by atoms with Crippen molar-refractivity contribution in [2.24, 2.45) is 5.73 Å². The molecule has 0 saturated heterocycles. The summed E-state index contributed by atoms with van der Waals surface area (Å²) in [7, 11) is 0. The quantitative estimate of drug-likeness (QED) is 0.669. The zero-order chi connectivity index (χ0) is 17.9. The van der Waals surface area contributed by atoms with Crippen LogP contribution in [-0.4, -0.2) is 16.0 Å². The minimum atomic E-state index is 0.460. The molecule has 0 aliphatic heterocycles. The number of nitrogens with one attached hydrogen (secondary N) is 1. The molecule has 5 heteroatoms. The molecule has 4 nitrogen and oxygen atoms in total. The SMILES string of the molecule is Cc1ccccc1-c1nc(CN)sc1-c1ccnc(NC2CCCC2)c1. The number of hydrogen-bond acceptors (Lipinski definition) is 5. The summed E-state index contributed by atoms with van der Waals surface area (Å²) in [5.41, 5.74) is 10.4. The molecule has 1 fully saturated rings. The van der Waals surface area contributed by atoms with Crippen LogP contribution in [0.5, 0.6) is 0 Å². The second-order valence-electron chi connectivity index (χ2n) is 6.86. The van der Waals surface area contributed by atoms with Gasteiger partial charge in [-0.15, -0.1) is 11.3 Å². The van der Waals surface area contributed by atoms with Crippen LogP contribution in [0.1, 0.15) is 36.3 Å². The molecule has 1 saturated carbocycles. The number of benzene rings is 1. The van der Waals surface area contributed by atoms with Gasteiger partial charge in [-0.2, -0.15) is 0 Å². The number of thiazole rings is 1. The molecular formula is C21H24N4S. The summed E-state index contributed by atoms with van der Waals surface area (Å²) in [4.78, 5) is 10.5. The van der Waals surface area contributed by atoms with Crippen molar-refractivity contribution in [3.05, 3.63) is 53.2 Å². The van der Waals surface area contributed by atoms with Crippen LogP contribution in [0.4, 0.5) is 5.82 Å². The number of anilines is 1. The largest absolute Gasteiger partial charge is 0.367 e. The third kappa shape index (κ3) is 3.50. The van der Waals surface area contributed by atoms with E-state index in [1.165, 1.54) is 36.8 Å². The number of nitrogens with zero attached hydrogens (tertiary/aromatic N) is 2. The molecule has 4 rings (SSSR count). The highest BCUT2D eigenvalue weighted by atomic mass is 32.1. The van der Waals surface area contributed by atoms with E-state index in [-0.39, 0.29) is 0 Å². The Balaban J connectivity index is 1.73. The van der Waals surface area contributed by atoms with Crippen molar-refractivity contribution in [1.29, 1.82) is 0 Å². The van der Waals surface area contributed by atoms with Crippen molar-refractivity contribution in [2.75, 3.05) is 5.32 Å². The Bertz CT molecular complexity index is 897. The Kier molecular flexibility index (Phi) is 5.00. The van der Waals surface area contributed by atoms with Crippen molar-refractivity contribution < 1.29 is 0 Å². The fourth-order valence-electron chi connectivity index (χ4n) is 3.60. The van der Waals surface area contributed by atoms with Crippen LogP contribution in [0.3, 0.4) is 0 Å². The molecule has 1 aliphatic carbocycles. The molecular weight excluding hydrogens is 340 g/mol. The molecule has 0 amide bonds. The summed E-state index contributed by atoms with van der Waals surface area (Å²) < 4.78 is 0. The number of hydrogen-bond donors (Lipinski definition) is 2. The van der Waals surface area contributed by atoms with E-state index in [1.54, 1.807) is 11.3 Å². The molecule has 134 valence electrons. The van der Waals surface area contributed by atoms with Gasteiger partial charge in [-0.25, -0.2) is 9.97 Å². The van der Waals surface area contributed by atoms with Gasteiger partial charge in [-0.3, -0.25) is 0 Å². The molecule has 26 heavy (non-hydrogen) atoms. The molecule has 0 radical (unpaired) electrons. The number of nitrogens with two attached hydrogens (primary N) is 1. The fraction of sp³-hybridized carbons (Fsp3) is 0.333. The van der Waals surface area contributed by atoms with Crippen molar-refractivity contribution in [2.45, 2.75) is 45.2 Å². The molecule has 3 aromatic rings. The van der Waals surface area contributed by atoms with E-state index < -0.39 is 0 Å². The second-order valence-corrected chi connectivity index (χ2v) is 7.94. The van der Waals surface area contributed by atoms with Crippen LogP contribution in [0, 0.1) is 6.92 Å². The van der Waals surface area contributed by atoms with E-state index in [0.29, 0.717) is 12.6 Å².